The van der Waals surface area contributed by atoms with E-state index in [9.17, 15) is 17.6 Å². The predicted molar refractivity (Wildman–Crippen MR) is 143 cm³/mol. The largest absolute Gasteiger partial charge is 0.486 e. The van der Waals surface area contributed by atoms with Crippen LogP contribution in [0.1, 0.15) is 17.5 Å². The van der Waals surface area contributed by atoms with Gasteiger partial charge in [0.25, 0.3) is 10.0 Å². The predicted octanol–water partition coefficient (Wildman–Crippen LogP) is 4.54. The average Bonchev–Trinajstić information content (AvgIpc) is 2.89. The Kier molecular flexibility index (Phi) is 8.94. The molecule has 3 aromatic carbocycles. The van der Waals surface area contributed by atoms with Crippen LogP contribution < -0.4 is 19.1 Å². The van der Waals surface area contributed by atoms with Crippen LogP contribution in [0.25, 0.3) is 0 Å². The van der Waals surface area contributed by atoms with Gasteiger partial charge in [0.1, 0.15) is 25.6 Å². The molecule has 1 amide bonds. The number of aryl methyl sites for hydroxylation is 1. The van der Waals surface area contributed by atoms with Crippen LogP contribution in [0.15, 0.2) is 71.6 Å². The number of thioether (sulfide) groups is 1. The topological polar surface area (TPSA) is 84.9 Å². The lowest BCUT2D eigenvalue weighted by Gasteiger charge is -2.25. The van der Waals surface area contributed by atoms with E-state index in [1.807, 2.05) is 12.1 Å². The normalized spacial score (nSPS) is 12.7. The minimum atomic E-state index is -4.21. The molecule has 3 aromatic rings. The first kappa shape index (κ1) is 26.8. The Morgan fingerprint density at radius 3 is 2.59 bits per heavy atom. The summed E-state index contributed by atoms with van der Waals surface area (Å²) in [5, 5.41) is 2.78. The highest BCUT2D eigenvalue weighted by Crippen LogP contribution is 2.34. The molecule has 1 aliphatic heterocycles. The van der Waals surface area contributed by atoms with Crippen LogP contribution >= 0.6 is 11.8 Å². The molecule has 0 saturated heterocycles. The van der Waals surface area contributed by atoms with Gasteiger partial charge in [0.15, 0.2) is 11.5 Å². The minimum Gasteiger partial charge on any atom is -0.486 e. The average molecular weight is 545 g/mol. The number of hydrogen-bond donors (Lipinski definition) is 1. The Labute approximate surface area is 221 Å². The highest BCUT2D eigenvalue weighted by Gasteiger charge is 2.29. The van der Waals surface area contributed by atoms with E-state index in [1.165, 1.54) is 47.5 Å². The van der Waals surface area contributed by atoms with Crippen molar-refractivity contribution in [2.45, 2.75) is 24.0 Å². The summed E-state index contributed by atoms with van der Waals surface area (Å²) in [4.78, 5) is 12.7. The Hall–Kier alpha value is -3.24. The summed E-state index contributed by atoms with van der Waals surface area (Å²) in [6, 6.07) is 17.6. The number of anilines is 1. The fourth-order valence-electron chi connectivity index (χ4n) is 3.80. The Morgan fingerprint density at radius 1 is 1.03 bits per heavy atom. The number of carbonyl (C=O) groups is 1. The number of halogens is 1. The van der Waals surface area contributed by atoms with Gasteiger partial charge >= 0.3 is 0 Å². The molecule has 7 nitrogen and oxygen atoms in total. The molecule has 0 saturated carbocycles. The second kappa shape index (κ2) is 12.3. The standard InChI is InChI=1S/C27H29FN2O5S2/c1-20-6-2-3-7-21(20)19-36-15-5-12-29-27(31)18-30(23-9-4-8-22(28)16-23)37(32,33)24-10-11-25-26(17-24)35-14-13-34-25/h2-4,6-11,16-17H,5,12-15,18-19H2,1H3,(H,29,31). The monoisotopic (exact) mass is 544 g/mol. The number of benzene rings is 3. The van der Waals surface area contributed by atoms with Crippen molar-refractivity contribution < 1.29 is 27.1 Å². The molecule has 0 radical (unpaired) electrons. The summed E-state index contributed by atoms with van der Waals surface area (Å²) in [6.07, 6.45) is 0.733. The number of hydrogen-bond acceptors (Lipinski definition) is 6. The molecular formula is C27H29FN2O5S2. The minimum absolute atomic E-state index is 0.0545. The molecule has 0 fully saturated rings. The third-order valence-electron chi connectivity index (χ3n) is 5.79. The van der Waals surface area contributed by atoms with Crippen LogP contribution in [-0.4, -0.2) is 46.4 Å². The second-order valence-electron chi connectivity index (χ2n) is 8.48. The van der Waals surface area contributed by atoms with E-state index in [-0.39, 0.29) is 10.6 Å². The first-order chi connectivity index (χ1) is 17.8. The molecule has 0 aromatic heterocycles. The Balaban J connectivity index is 1.39. The number of ether oxygens (including phenoxy) is 2. The molecule has 1 heterocycles. The van der Waals surface area contributed by atoms with E-state index in [1.54, 1.807) is 11.8 Å². The molecule has 10 heteroatoms. The van der Waals surface area contributed by atoms with Crippen LogP contribution in [0, 0.1) is 12.7 Å². The lowest BCUT2D eigenvalue weighted by Crippen LogP contribution is -2.41. The van der Waals surface area contributed by atoms with E-state index in [2.05, 4.69) is 24.4 Å². The SMILES string of the molecule is Cc1ccccc1CSCCCNC(=O)CN(c1cccc(F)c1)S(=O)(=O)c1ccc2c(c1)OCCO2. The van der Waals surface area contributed by atoms with Gasteiger partial charge in [-0.25, -0.2) is 12.8 Å². The maximum absolute atomic E-state index is 14.0. The first-order valence-corrected chi connectivity index (χ1v) is 14.5. The van der Waals surface area contributed by atoms with Gasteiger partial charge in [-0.1, -0.05) is 30.3 Å². The lowest BCUT2D eigenvalue weighted by atomic mass is 10.1. The molecule has 1 N–H and O–H groups in total. The Morgan fingerprint density at radius 2 is 1.81 bits per heavy atom. The highest BCUT2D eigenvalue weighted by atomic mass is 32.2. The summed E-state index contributed by atoms with van der Waals surface area (Å²) in [5.74, 6) is 1.40. The zero-order valence-electron chi connectivity index (χ0n) is 20.5. The van der Waals surface area contributed by atoms with Gasteiger partial charge in [0, 0.05) is 18.4 Å². The molecule has 37 heavy (non-hydrogen) atoms. The third kappa shape index (κ3) is 6.95. The fraction of sp³-hybridized carbons (Fsp3) is 0.296. The van der Waals surface area contributed by atoms with E-state index < -0.39 is 28.3 Å². The van der Waals surface area contributed by atoms with Crippen molar-refractivity contribution in [1.82, 2.24) is 5.32 Å². The zero-order valence-corrected chi connectivity index (χ0v) is 22.1. The summed E-state index contributed by atoms with van der Waals surface area (Å²) >= 11 is 1.78. The highest BCUT2D eigenvalue weighted by molar-refractivity contribution is 7.98. The molecule has 0 bridgehead atoms. The number of sulfonamides is 1. The van der Waals surface area contributed by atoms with Gasteiger partial charge in [-0.2, -0.15) is 11.8 Å². The lowest BCUT2D eigenvalue weighted by molar-refractivity contribution is -0.119. The fourth-order valence-corrected chi connectivity index (χ4v) is 6.27. The summed E-state index contributed by atoms with van der Waals surface area (Å²) in [7, 11) is -4.21. The van der Waals surface area contributed by atoms with Gasteiger partial charge in [-0.05, 0) is 60.6 Å². The van der Waals surface area contributed by atoms with E-state index >= 15 is 0 Å². The summed E-state index contributed by atoms with van der Waals surface area (Å²) in [5.41, 5.74) is 2.59. The summed E-state index contributed by atoms with van der Waals surface area (Å²) < 4.78 is 53.0. The molecule has 196 valence electrons. The third-order valence-corrected chi connectivity index (χ3v) is 8.65. The van der Waals surface area contributed by atoms with E-state index in [0.717, 1.165) is 28.3 Å². The second-order valence-corrected chi connectivity index (χ2v) is 11.4. The zero-order chi connectivity index (χ0) is 26.3. The number of carbonyl (C=O) groups excluding carboxylic acids is 1. The molecule has 0 unspecified atom stereocenters. The molecule has 4 rings (SSSR count). The van der Waals surface area contributed by atoms with Crippen molar-refractivity contribution in [3.8, 4) is 11.5 Å². The Bertz CT molecular complexity index is 1350. The van der Waals surface area contributed by atoms with Crippen molar-refractivity contribution in [3.63, 3.8) is 0 Å². The van der Waals surface area contributed by atoms with E-state index in [0.29, 0.717) is 31.3 Å². The van der Waals surface area contributed by atoms with Crippen molar-refractivity contribution in [2.75, 3.05) is 36.4 Å². The maximum Gasteiger partial charge on any atom is 0.264 e. The summed E-state index contributed by atoms with van der Waals surface area (Å²) in [6.45, 7) is 2.67. The van der Waals surface area contributed by atoms with E-state index in [4.69, 9.17) is 9.47 Å². The van der Waals surface area contributed by atoms with Crippen molar-refractivity contribution >= 4 is 33.4 Å². The van der Waals surface area contributed by atoms with Crippen molar-refractivity contribution in [2.24, 2.45) is 0 Å². The quantitative estimate of drug-likeness (QED) is 0.357. The van der Waals surface area contributed by atoms with Crippen LogP contribution in [0.3, 0.4) is 0 Å². The molecule has 0 atom stereocenters. The smallest absolute Gasteiger partial charge is 0.264 e. The molecule has 1 aliphatic rings. The van der Waals surface area contributed by atoms with Crippen LogP contribution in [0.5, 0.6) is 11.5 Å². The number of fused-ring (bicyclic) bond motifs is 1. The van der Waals surface area contributed by atoms with Gasteiger partial charge < -0.3 is 14.8 Å². The van der Waals surface area contributed by atoms with Crippen LogP contribution in [-0.2, 0) is 20.6 Å². The van der Waals surface area contributed by atoms with Gasteiger partial charge in [-0.3, -0.25) is 9.10 Å². The molecular weight excluding hydrogens is 515 g/mol. The first-order valence-electron chi connectivity index (χ1n) is 11.9. The van der Waals surface area contributed by atoms with Crippen LogP contribution in [0.4, 0.5) is 10.1 Å². The number of nitrogens with zero attached hydrogens (tertiary/aromatic N) is 1. The molecule has 0 aliphatic carbocycles. The van der Waals surface area contributed by atoms with Gasteiger partial charge in [-0.15, -0.1) is 0 Å². The number of rotatable bonds is 11. The van der Waals surface area contributed by atoms with Gasteiger partial charge in [0.05, 0.1) is 10.6 Å². The van der Waals surface area contributed by atoms with Crippen LogP contribution in [0.2, 0.25) is 0 Å². The number of amides is 1. The van der Waals surface area contributed by atoms with Crippen molar-refractivity contribution in [1.29, 1.82) is 0 Å². The number of nitrogens with one attached hydrogen (secondary N) is 1. The molecule has 0 spiro atoms. The van der Waals surface area contributed by atoms with Gasteiger partial charge in [0.2, 0.25) is 5.91 Å². The maximum atomic E-state index is 14.0. The van der Waals surface area contributed by atoms with Crippen molar-refractivity contribution in [3.05, 3.63) is 83.7 Å².